The fraction of sp³-hybridized carbons (Fsp3) is 0.522. The fourth-order valence-corrected chi connectivity index (χ4v) is 4.23. The number of morpholine rings is 1. The number of benzene rings is 1. The van der Waals surface area contributed by atoms with Crippen molar-refractivity contribution in [3.63, 3.8) is 0 Å². The second-order valence-corrected chi connectivity index (χ2v) is 8.23. The van der Waals surface area contributed by atoms with E-state index in [0.29, 0.717) is 50.9 Å². The van der Waals surface area contributed by atoms with Crippen molar-refractivity contribution in [3.05, 3.63) is 58.0 Å². The normalized spacial score (nSPS) is 18.5. The Morgan fingerprint density at radius 2 is 1.84 bits per heavy atom. The minimum absolute atomic E-state index is 0.00833. The monoisotopic (exact) mass is 425 g/mol. The van der Waals surface area contributed by atoms with Crippen molar-refractivity contribution in [1.82, 2.24) is 20.2 Å². The van der Waals surface area contributed by atoms with Gasteiger partial charge in [0.15, 0.2) is 0 Å². The maximum atomic E-state index is 12.8. The van der Waals surface area contributed by atoms with Crippen molar-refractivity contribution in [2.45, 2.75) is 31.7 Å². The summed E-state index contributed by atoms with van der Waals surface area (Å²) in [7, 11) is 0. The average molecular weight is 426 g/mol. The number of aromatic nitrogens is 2. The van der Waals surface area contributed by atoms with Gasteiger partial charge in [-0.15, -0.1) is 0 Å². The number of anilines is 1. The Labute approximate surface area is 182 Å². The summed E-state index contributed by atoms with van der Waals surface area (Å²) in [6.45, 7) is 4.98. The van der Waals surface area contributed by atoms with E-state index in [1.807, 2.05) is 35.2 Å². The molecule has 0 unspecified atom stereocenters. The van der Waals surface area contributed by atoms with Crippen LogP contribution >= 0.6 is 0 Å². The maximum Gasteiger partial charge on any atom is 0.252 e. The third-order valence-electron chi connectivity index (χ3n) is 5.86. The number of nitrogens with zero attached hydrogens (tertiary/aromatic N) is 3. The zero-order valence-electron chi connectivity index (χ0n) is 17.9. The van der Waals surface area contributed by atoms with Gasteiger partial charge in [0.05, 0.1) is 31.5 Å². The van der Waals surface area contributed by atoms with Crippen LogP contribution in [0, 0.1) is 0 Å². The van der Waals surface area contributed by atoms with Gasteiger partial charge in [0, 0.05) is 25.6 Å². The first-order chi connectivity index (χ1) is 15.2. The predicted octanol–water partition coefficient (Wildman–Crippen LogP) is 1.49. The zero-order valence-corrected chi connectivity index (χ0v) is 17.9. The van der Waals surface area contributed by atoms with Gasteiger partial charge in [-0.05, 0) is 31.5 Å². The van der Waals surface area contributed by atoms with Gasteiger partial charge in [0.25, 0.3) is 5.56 Å². The van der Waals surface area contributed by atoms with E-state index in [4.69, 9.17) is 9.72 Å². The van der Waals surface area contributed by atoms with Gasteiger partial charge >= 0.3 is 0 Å². The highest BCUT2D eigenvalue weighted by molar-refractivity contribution is 5.78. The second-order valence-electron chi connectivity index (χ2n) is 8.23. The van der Waals surface area contributed by atoms with Gasteiger partial charge in [0.2, 0.25) is 11.9 Å². The molecule has 2 aliphatic heterocycles. The number of rotatable bonds is 7. The highest BCUT2D eigenvalue weighted by Crippen LogP contribution is 2.19. The van der Waals surface area contributed by atoms with Gasteiger partial charge in [-0.3, -0.25) is 19.5 Å². The Bertz CT molecular complexity index is 905. The van der Waals surface area contributed by atoms with Crippen molar-refractivity contribution in [3.8, 4) is 0 Å². The molecule has 2 N–H and O–H groups in total. The van der Waals surface area contributed by atoms with Crippen LogP contribution in [-0.4, -0.2) is 66.7 Å². The lowest BCUT2D eigenvalue weighted by Crippen LogP contribution is -2.41. The number of amides is 1. The highest BCUT2D eigenvalue weighted by atomic mass is 16.5. The van der Waals surface area contributed by atoms with Crippen LogP contribution in [-0.2, 0) is 16.0 Å². The summed E-state index contributed by atoms with van der Waals surface area (Å²) in [5.74, 6) is 0.575. The topological polar surface area (TPSA) is 90.6 Å². The van der Waals surface area contributed by atoms with E-state index in [0.717, 1.165) is 31.5 Å². The van der Waals surface area contributed by atoms with Crippen LogP contribution in [0.1, 0.15) is 36.6 Å². The molecule has 4 rings (SSSR count). The van der Waals surface area contributed by atoms with Gasteiger partial charge in [-0.25, -0.2) is 4.98 Å². The van der Waals surface area contributed by atoms with Crippen LogP contribution in [0.5, 0.6) is 0 Å². The lowest BCUT2D eigenvalue weighted by molar-refractivity contribution is -0.123. The van der Waals surface area contributed by atoms with Crippen LogP contribution in [0.15, 0.2) is 41.2 Å². The molecule has 2 saturated heterocycles. The van der Waals surface area contributed by atoms with E-state index in [1.165, 1.54) is 12.5 Å². The summed E-state index contributed by atoms with van der Waals surface area (Å²) in [6.07, 6.45) is 3.99. The molecule has 0 saturated carbocycles. The number of carbonyl (C=O) groups is 1. The molecule has 0 radical (unpaired) electrons. The molecule has 1 atom stereocenters. The van der Waals surface area contributed by atoms with Gasteiger partial charge in [-0.1, -0.05) is 36.8 Å². The summed E-state index contributed by atoms with van der Waals surface area (Å²) >= 11 is 0. The van der Waals surface area contributed by atoms with E-state index in [1.54, 1.807) is 0 Å². The standard InChI is InChI=1S/C23H31N5O3/c29-21-16-19(24-23(26-21)28-11-13-31-14-12-28)15-20(18-7-3-1-4-8-18)25-22(30)17-27-9-5-2-6-10-27/h1,3-4,7-8,16,20H,2,5-6,9-15,17H2,(H,25,30)(H,24,26,29)/t20-/m1/s1. The van der Waals surface area contributed by atoms with Crippen molar-refractivity contribution in [2.75, 3.05) is 50.8 Å². The van der Waals surface area contributed by atoms with Crippen molar-refractivity contribution < 1.29 is 9.53 Å². The van der Waals surface area contributed by atoms with Gasteiger partial charge < -0.3 is 15.0 Å². The largest absolute Gasteiger partial charge is 0.378 e. The van der Waals surface area contributed by atoms with Crippen LogP contribution in [0.25, 0.3) is 0 Å². The van der Waals surface area contributed by atoms with E-state index >= 15 is 0 Å². The smallest absolute Gasteiger partial charge is 0.252 e. The molecule has 0 bridgehead atoms. The summed E-state index contributed by atoms with van der Waals surface area (Å²) in [6, 6.07) is 11.2. The molecule has 8 heteroatoms. The number of ether oxygens (including phenoxy) is 1. The molecule has 31 heavy (non-hydrogen) atoms. The predicted molar refractivity (Wildman–Crippen MR) is 119 cm³/mol. The first-order valence-corrected chi connectivity index (χ1v) is 11.2. The molecule has 166 valence electrons. The molecule has 0 spiro atoms. The Kier molecular flexibility index (Phi) is 7.32. The van der Waals surface area contributed by atoms with Crippen molar-refractivity contribution in [2.24, 2.45) is 0 Å². The molecule has 8 nitrogen and oxygen atoms in total. The molecule has 2 aromatic rings. The number of hydrogen-bond acceptors (Lipinski definition) is 6. The minimum Gasteiger partial charge on any atom is -0.378 e. The Morgan fingerprint density at radius 1 is 1.10 bits per heavy atom. The molecular weight excluding hydrogens is 394 g/mol. The van der Waals surface area contributed by atoms with Crippen LogP contribution in [0.4, 0.5) is 5.95 Å². The third kappa shape index (κ3) is 6.15. The van der Waals surface area contributed by atoms with Crippen LogP contribution in [0.3, 0.4) is 0 Å². The van der Waals surface area contributed by atoms with Gasteiger partial charge in [-0.2, -0.15) is 0 Å². The zero-order chi connectivity index (χ0) is 21.5. The van der Waals surface area contributed by atoms with Crippen LogP contribution < -0.4 is 15.8 Å². The van der Waals surface area contributed by atoms with E-state index in [-0.39, 0.29) is 17.5 Å². The number of hydrogen-bond donors (Lipinski definition) is 2. The molecule has 1 aromatic heterocycles. The lowest BCUT2D eigenvalue weighted by atomic mass is 10.0. The first kappa shape index (κ1) is 21.5. The Hall–Kier alpha value is -2.71. The third-order valence-corrected chi connectivity index (χ3v) is 5.86. The number of piperidine rings is 1. The quantitative estimate of drug-likeness (QED) is 0.699. The van der Waals surface area contributed by atoms with Crippen LogP contribution in [0.2, 0.25) is 0 Å². The number of aromatic amines is 1. The minimum atomic E-state index is -0.245. The summed E-state index contributed by atoms with van der Waals surface area (Å²) in [5.41, 5.74) is 1.49. The van der Waals surface area contributed by atoms with Crippen molar-refractivity contribution >= 4 is 11.9 Å². The van der Waals surface area contributed by atoms with E-state index in [9.17, 15) is 9.59 Å². The number of likely N-dealkylation sites (tertiary alicyclic amines) is 1. The average Bonchev–Trinajstić information content (AvgIpc) is 2.80. The van der Waals surface area contributed by atoms with Gasteiger partial charge in [0.1, 0.15) is 0 Å². The maximum absolute atomic E-state index is 12.8. The Morgan fingerprint density at radius 3 is 2.58 bits per heavy atom. The number of H-pyrrole nitrogens is 1. The molecule has 1 aromatic carbocycles. The summed E-state index contributed by atoms with van der Waals surface area (Å²) in [4.78, 5) is 36.9. The van der Waals surface area contributed by atoms with Crippen molar-refractivity contribution in [1.29, 1.82) is 0 Å². The SMILES string of the molecule is O=C(CN1CCCCC1)N[C@H](Cc1cc(=O)[nH]c(N2CCOCC2)n1)c1ccccc1. The lowest BCUT2D eigenvalue weighted by Gasteiger charge is -2.28. The fourth-order valence-electron chi connectivity index (χ4n) is 4.23. The number of carbonyl (C=O) groups excluding carboxylic acids is 1. The van der Waals surface area contributed by atoms with E-state index < -0.39 is 0 Å². The molecule has 3 heterocycles. The molecule has 2 aliphatic rings. The second kappa shape index (κ2) is 10.5. The highest BCUT2D eigenvalue weighted by Gasteiger charge is 2.21. The summed E-state index contributed by atoms with van der Waals surface area (Å²) < 4.78 is 5.40. The van der Waals surface area contributed by atoms with E-state index in [2.05, 4.69) is 15.2 Å². The molecule has 1 amide bonds. The summed E-state index contributed by atoms with van der Waals surface area (Å²) in [5, 5.41) is 3.18. The molecular formula is C23H31N5O3. The Balaban J connectivity index is 1.50. The molecule has 2 fully saturated rings. The molecule has 0 aliphatic carbocycles. The first-order valence-electron chi connectivity index (χ1n) is 11.2. The number of nitrogens with one attached hydrogen (secondary N) is 2.